The maximum absolute atomic E-state index is 10.1. The van der Waals surface area contributed by atoms with Crippen molar-refractivity contribution in [2.75, 3.05) is 0 Å². The summed E-state index contributed by atoms with van der Waals surface area (Å²) in [5.41, 5.74) is 0.641. The molecule has 1 heterocycles. The lowest BCUT2D eigenvalue weighted by Crippen LogP contribution is -1.99. The van der Waals surface area contributed by atoms with E-state index >= 15 is 0 Å². The van der Waals surface area contributed by atoms with Gasteiger partial charge in [-0.05, 0) is 6.92 Å². The topological polar surface area (TPSA) is 63.3 Å². The molecule has 1 rings (SSSR count). The molecule has 0 fully saturated rings. The number of nitrogens with zero attached hydrogens (tertiary/aromatic N) is 1. The second-order valence-corrected chi connectivity index (χ2v) is 1.93. The molecule has 10 heavy (non-hydrogen) atoms. The standard InChI is InChI=1S/C6H7NO3/c1-4-5(2-6(8)9)10-3-7-4/h3H,2H2,1H3,(H,8,9). The van der Waals surface area contributed by atoms with Crippen LogP contribution >= 0.6 is 0 Å². The predicted molar refractivity (Wildman–Crippen MR) is 32.6 cm³/mol. The molecule has 54 valence electrons. The quantitative estimate of drug-likeness (QED) is 0.655. The van der Waals surface area contributed by atoms with Crippen LogP contribution in [-0.2, 0) is 11.2 Å². The first-order chi connectivity index (χ1) is 4.70. The van der Waals surface area contributed by atoms with Crippen LogP contribution in [0.3, 0.4) is 0 Å². The lowest BCUT2D eigenvalue weighted by molar-refractivity contribution is -0.136. The summed E-state index contributed by atoms with van der Waals surface area (Å²) in [7, 11) is 0. The van der Waals surface area contributed by atoms with Gasteiger partial charge in [-0.15, -0.1) is 0 Å². The summed E-state index contributed by atoms with van der Waals surface area (Å²) in [5, 5.41) is 8.32. The van der Waals surface area contributed by atoms with Gasteiger partial charge in [0.05, 0.1) is 5.69 Å². The van der Waals surface area contributed by atoms with Crippen LogP contribution in [0.2, 0.25) is 0 Å². The molecule has 0 bridgehead atoms. The number of carboxylic acid groups (broad SMARTS) is 1. The molecule has 1 aromatic heterocycles. The summed E-state index contributed by atoms with van der Waals surface area (Å²) in [6, 6.07) is 0. The van der Waals surface area contributed by atoms with Crippen molar-refractivity contribution in [3.63, 3.8) is 0 Å². The Bertz CT molecular complexity index is 241. The molecular weight excluding hydrogens is 134 g/mol. The van der Waals surface area contributed by atoms with Crippen molar-refractivity contribution < 1.29 is 14.3 Å². The number of aromatic nitrogens is 1. The molecule has 4 nitrogen and oxygen atoms in total. The second kappa shape index (κ2) is 2.51. The van der Waals surface area contributed by atoms with E-state index in [2.05, 4.69) is 4.98 Å². The molecule has 1 aromatic rings. The van der Waals surface area contributed by atoms with Crippen LogP contribution in [0, 0.1) is 6.92 Å². The maximum atomic E-state index is 10.1. The van der Waals surface area contributed by atoms with Crippen LogP contribution in [0.5, 0.6) is 0 Å². The zero-order valence-electron chi connectivity index (χ0n) is 5.50. The molecule has 0 atom stereocenters. The third-order valence-electron chi connectivity index (χ3n) is 1.16. The van der Waals surface area contributed by atoms with Crippen molar-refractivity contribution in [2.45, 2.75) is 13.3 Å². The Morgan fingerprint density at radius 2 is 2.60 bits per heavy atom. The first-order valence-corrected chi connectivity index (χ1v) is 2.81. The zero-order chi connectivity index (χ0) is 7.56. The number of hydrogen-bond acceptors (Lipinski definition) is 3. The highest BCUT2D eigenvalue weighted by molar-refractivity contribution is 5.69. The van der Waals surface area contributed by atoms with Crippen molar-refractivity contribution in [1.29, 1.82) is 0 Å². The van der Waals surface area contributed by atoms with Crippen LogP contribution in [0.15, 0.2) is 10.8 Å². The summed E-state index contributed by atoms with van der Waals surface area (Å²) in [4.78, 5) is 13.9. The Balaban J connectivity index is 2.74. The summed E-state index contributed by atoms with van der Waals surface area (Å²) < 4.78 is 4.78. The molecule has 0 aliphatic rings. The Hall–Kier alpha value is -1.32. The molecule has 0 saturated carbocycles. The Morgan fingerprint density at radius 3 is 3.00 bits per heavy atom. The molecule has 1 N–H and O–H groups in total. The lowest BCUT2D eigenvalue weighted by Gasteiger charge is -1.88. The Morgan fingerprint density at radius 1 is 1.90 bits per heavy atom. The van der Waals surface area contributed by atoms with Gasteiger partial charge in [-0.25, -0.2) is 4.98 Å². The van der Waals surface area contributed by atoms with E-state index in [-0.39, 0.29) is 6.42 Å². The van der Waals surface area contributed by atoms with E-state index in [4.69, 9.17) is 9.52 Å². The highest BCUT2D eigenvalue weighted by Gasteiger charge is 2.06. The minimum absolute atomic E-state index is 0.0914. The van der Waals surface area contributed by atoms with Crippen LogP contribution in [-0.4, -0.2) is 16.1 Å². The number of aryl methyl sites for hydroxylation is 1. The maximum Gasteiger partial charge on any atom is 0.311 e. The number of carboxylic acids is 1. The molecule has 0 amide bonds. The van der Waals surface area contributed by atoms with Crippen LogP contribution in [0.25, 0.3) is 0 Å². The third-order valence-corrected chi connectivity index (χ3v) is 1.16. The van der Waals surface area contributed by atoms with Crippen molar-refractivity contribution in [1.82, 2.24) is 4.98 Å². The van der Waals surface area contributed by atoms with Gasteiger partial charge in [0.25, 0.3) is 0 Å². The first-order valence-electron chi connectivity index (χ1n) is 2.81. The lowest BCUT2D eigenvalue weighted by atomic mass is 10.3. The van der Waals surface area contributed by atoms with Gasteiger partial charge < -0.3 is 9.52 Å². The van der Waals surface area contributed by atoms with Gasteiger partial charge in [-0.1, -0.05) is 0 Å². The normalized spacial score (nSPS) is 9.70. The second-order valence-electron chi connectivity index (χ2n) is 1.93. The van der Waals surface area contributed by atoms with Crippen LogP contribution in [0.1, 0.15) is 11.5 Å². The largest absolute Gasteiger partial charge is 0.481 e. The van der Waals surface area contributed by atoms with E-state index in [0.29, 0.717) is 11.5 Å². The van der Waals surface area contributed by atoms with Crippen molar-refractivity contribution in [2.24, 2.45) is 0 Å². The number of carbonyl (C=O) groups is 1. The number of aliphatic carboxylic acids is 1. The summed E-state index contributed by atoms with van der Waals surface area (Å²) >= 11 is 0. The highest BCUT2D eigenvalue weighted by Crippen LogP contribution is 2.04. The molecule has 0 aliphatic carbocycles. The Labute approximate surface area is 57.5 Å². The van der Waals surface area contributed by atoms with Crippen molar-refractivity contribution in [3.05, 3.63) is 17.8 Å². The molecule has 0 aromatic carbocycles. The summed E-state index contributed by atoms with van der Waals surface area (Å²) in [6.07, 6.45) is 1.15. The first kappa shape index (κ1) is 6.80. The average Bonchev–Trinajstić information content (AvgIpc) is 2.15. The molecule has 0 radical (unpaired) electrons. The van der Waals surface area contributed by atoms with E-state index in [1.807, 2.05) is 0 Å². The third kappa shape index (κ3) is 1.34. The Kier molecular flexibility index (Phi) is 1.71. The van der Waals surface area contributed by atoms with Gasteiger partial charge >= 0.3 is 5.97 Å². The SMILES string of the molecule is Cc1ncoc1CC(=O)O. The smallest absolute Gasteiger partial charge is 0.311 e. The zero-order valence-corrected chi connectivity index (χ0v) is 5.50. The summed E-state index contributed by atoms with van der Waals surface area (Å²) in [6.45, 7) is 1.71. The monoisotopic (exact) mass is 141 g/mol. The van der Waals surface area contributed by atoms with Gasteiger partial charge in [-0.2, -0.15) is 0 Å². The molecule has 0 unspecified atom stereocenters. The van der Waals surface area contributed by atoms with Crippen LogP contribution < -0.4 is 0 Å². The van der Waals surface area contributed by atoms with Gasteiger partial charge in [0, 0.05) is 0 Å². The van der Waals surface area contributed by atoms with Gasteiger partial charge in [-0.3, -0.25) is 4.79 Å². The van der Waals surface area contributed by atoms with Gasteiger partial charge in [0.2, 0.25) is 0 Å². The average molecular weight is 141 g/mol. The number of hydrogen-bond donors (Lipinski definition) is 1. The fraction of sp³-hybridized carbons (Fsp3) is 0.333. The van der Waals surface area contributed by atoms with E-state index < -0.39 is 5.97 Å². The fourth-order valence-corrected chi connectivity index (χ4v) is 0.633. The molecule has 0 spiro atoms. The molecule has 4 heteroatoms. The summed E-state index contributed by atoms with van der Waals surface area (Å²) in [5.74, 6) is -0.479. The minimum Gasteiger partial charge on any atom is -0.481 e. The highest BCUT2D eigenvalue weighted by atomic mass is 16.4. The molecular formula is C6H7NO3. The van der Waals surface area contributed by atoms with Crippen LogP contribution in [0.4, 0.5) is 0 Å². The fourth-order valence-electron chi connectivity index (χ4n) is 0.633. The molecule has 0 aliphatic heterocycles. The van der Waals surface area contributed by atoms with E-state index in [0.717, 1.165) is 0 Å². The van der Waals surface area contributed by atoms with Crippen molar-refractivity contribution in [3.8, 4) is 0 Å². The number of oxazole rings is 1. The number of rotatable bonds is 2. The minimum atomic E-state index is -0.903. The van der Waals surface area contributed by atoms with Gasteiger partial charge in [0.15, 0.2) is 6.39 Å². The van der Waals surface area contributed by atoms with E-state index in [1.54, 1.807) is 6.92 Å². The molecule has 0 saturated heterocycles. The van der Waals surface area contributed by atoms with Gasteiger partial charge in [0.1, 0.15) is 12.2 Å². The van der Waals surface area contributed by atoms with E-state index in [1.165, 1.54) is 6.39 Å². The van der Waals surface area contributed by atoms with E-state index in [9.17, 15) is 4.79 Å². The van der Waals surface area contributed by atoms with Crippen molar-refractivity contribution >= 4 is 5.97 Å². The predicted octanol–water partition coefficient (Wildman–Crippen LogP) is 0.610.